The van der Waals surface area contributed by atoms with E-state index in [0.29, 0.717) is 11.2 Å². The van der Waals surface area contributed by atoms with Gasteiger partial charge in [0.05, 0.1) is 0 Å². The van der Waals surface area contributed by atoms with Gasteiger partial charge < -0.3 is 5.32 Å². The first-order valence-electron chi connectivity index (χ1n) is 6.66. The predicted molar refractivity (Wildman–Crippen MR) is 76.2 cm³/mol. The summed E-state index contributed by atoms with van der Waals surface area (Å²) >= 11 is 6.08. The van der Waals surface area contributed by atoms with Crippen LogP contribution in [0.4, 0.5) is 5.82 Å². The van der Waals surface area contributed by atoms with Gasteiger partial charge in [-0.1, -0.05) is 39.3 Å². The van der Waals surface area contributed by atoms with Crippen LogP contribution in [0.25, 0.3) is 0 Å². The van der Waals surface area contributed by atoms with E-state index in [1.165, 1.54) is 19.3 Å². The van der Waals surface area contributed by atoms with Crippen molar-refractivity contribution >= 4 is 17.4 Å². The van der Waals surface area contributed by atoms with Crippen LogP contribution in [0.3, 0.4) is 0 Å². The smallest absolute Gasteiger partial charge is 0.137 e. The molecule has 0 aliphatic heterocycles. The Kier molecular flexibility index (Phi) is 3.81. The molecule has 1 aliphatic rings. The number of halogens is 1. The van der Waals surface area contributed by atoms with Crippen molar-refractivity contribution < 1.29 is 0 Å². The second kappa shape index (κ2) is 5.04. The quantitative estimate of drug-likeness (QED) is 0.822. The first-order chi connectivity index (χ1) is 8.34. The lowest BCUT2D eigenvalue weighted by molar-refractivity contribution is 0.545. The van der Waals surface area contributed by atoms with Crippen LogP contribution in [0, 0.1) is 5.92 Å². The fourth-order valence-corrected chi connectivity index (χ4v) is 2.56. The standard InChI is InChI=1S/C14H22ClN3/c1-9-5-6-10(7-9)16-12-8-11(15)17-13(18-12)14(2,3)4/h8-10H,5-7H2,1-4H3,(H,16,17,18). The number of nitrogens with zero attached hydrogens (tertiary/aromatic N) is 2. The van der Waals surface area contributed by atoms with Crippen molar-refractivity contribution in [3.05, 3.63) is 17.0 Å². The van der Waals surface area contributed by atoms with Gasteiger partial charge in [-0.15, -0.1) is 0 Å². The van der Waals surface area contributed by atoms with Crippen LogP contribution >= 0.6 is 11.6 Å². The molecule has 2 rings (SSSR count). The van der Waals surface area contributed by atoms with Crippen LogP contribution in [0.2, 0.25) is 5.15 Å². The van der Waals surface area contributed by atoms with E-state index >= 15 is 0 Å². The van der Waals surface area contributed by atoms with Gasteiger partial charge in [0, 0.05) is 17.5 Å². The average Bonchev–Trinajstić information content (AvgIpc) is 2.61. The number of anilines is 1. The average molecular weight is 268 g/mol. The van der Waals surface area contributed by atoms with E-state index in [0.717, 1.165) is 17.6 Å². The number of rotatable bonds is 2. The molecule has 1 aromatic heterocycles. The van der Waals surface area contributed by atoms with Gasteiger partial charge in [0.15, 0.2) is 0 Å². The molecule has 3 nitrogen and oxygen atoms in total. The largest absolute Gasteiger partial charge is 0.367 e. The molecule has 0 radical (unpaired) electrons. The van der Waals surface area contributed by atoms with Crippen molar-refractivity contribution in [3.63, 3.8) is 0 Å². The summed E-state index contributed by atoms with van der Waals surface area (Å²) in [6.45, 7) is 8.59. The van der Waals surface area contributed by atoms with Gasteiger partial charge in [0.1, 0.15) is 16.8 Å². The highest BCUT2D eigenvalue weighted by Gasteiger charge is 2.23. The summed E-state index contributed by atoms with van der Waals surface area (Å²) in [5, 5.41) is 4.01. The molecular weight excluding hydrogens is 246 g/mol. The molecule has 4 heteroatoms. The van der Waals surface area contributed by atoms with Crippen molar-refractivity contribution in [2.75, 3.05) is 5.32 Å². The monoisotopic (exact) mass is 267 g/mol. The van der Waals surface area contributed by atoms with Crippen molar-refractivity contribution in [2.45, 2.75) is 58.4 Å². The van der Waals surface area contributed by atoms with Gasteiger partial charge in [-0.3, -0.25) is 0 Å². The number of hydrogen-bond acceptors (Lipinski definition) is 3. The summed E-state index contributed by atoms with van der Waals surface area (Å²) in [6, 6.07) is 2.35. The molecule has 1 aromatic rings. The first kappa shape index (κ1) is 13.6. The number of hydrogen-bond donors (Lipinski definition) is 1. The van der Waals surface area contributed by atoms with Gasteiger partial charge in [-0.05, 0) is 25.2 Å². The minimum Gasteiger partial charge on any atom is -0.367 e. The van der Waals surface area contributed by atoms with E-state index < -0.39 is 0 Å². The Morgan fingerprint density at radius 2 is 2.00 bits per heavy atom. The second-order valence-corrected chi connectivity index (χ2v) is 6.80. The summed E-state index contributed by atoms with van der Waals surface area (Å²) in [5.74, 6) is 2.46. The number of nitrogens with one attached hydrogen (secondary N) is 1. The van der Waals surface area contributed by atoms with E-state index in [1.807, 2.05) is 6.07 Å². The zero-order valence-electron chi connectivity index (χ0n) is 11.6. The minimum absolute atomic E-state index is 0.0791. The Labute approximate surface area is 114 Å². The van der Waals surface area contributed by atoms with E-state index in [-0.39, 0.29) is 5.41 Å². The maximum absolute atomic E-state index is 6.08. The van der Waals surface area contributed by atoms with Gasteiger partial charge in [0.2, 0.25) is 0 Å². The molecule has 0 spiro atoms. The molecule has 1 saturated carbocycles. The lowest BCUT2D eigenvalue weighted by Gasteiger charge is -2.19. The molecule has 0 amide bonds. The maximum Gasteiger partial charge on any atom is 0.137 e. The molecule has 1 aliphatic carbocycles. The first-order valence-corrected chi connectivity index (χ1v) is 7.04. The Morgan fingerprint density at radius 1 is 1.28 bits per heavy atom. The fraction of sp³-hybridized carbons (Fsp3) is 0.714. The zero-order valence-corrected chi connectivity index (χ0v) is 12.4. The Morgan fingerprint density at radius 3 is 2.56 bits per heavy atom. The molecule has 18 heavy (non-hydrogen) atoms. The summed E-state index contributed by atoms with van der Waals surface area (Å²) in [6.07, 6.45) is 3.72. The molecule has 1 N–H and O–H groups in total. The summed E-state index contributed by atoms with van der Waals surface area (Å²) in [4.78, 5) is 8.90. The third-order valence-electron chi connectivity index (χ3n) is 3.41. The van der Waals surface area contributed by atoms with E-state index in [4.69, 9.17) is 11.6 Å². The van der Waals surface area contributed by atoms with Crippen molar-refractivity contribution in [3.8, 4) is 0 Å². The fourth-order valence-electron chi connectivity index (χ4n) is 2.37. The molecular formula is C14H22ClN3. The Balaban J connectivity index is 2.15. The molecule has 2 unspecified atom stereocenters. The minimum atomic E-state index is -0.0791. The lowest BCUT2D eigenvalue weighted by Crippen LogP contribution is -2.20. The van der Waals surface area contributed by atoms with Crippen LogP contribution in [0.15, 0.2) is 6.07 Å². The molecule has 2 atom stereocenters. The van der Waals surface area contributed by atoms with Crippen LogP contribution in [-0.2, 0) is 5.41 Å². The van der Waals surface area contributed by atoms with Crippen molar-refractivity contribution in [1.82, 2.24) is 9.97 Å². The third kappa shape index (κ3) is 3.35. The molecule has 0 bridgehead atoms. The normalized spacial score (nSPS) is 24.3. The van der Waals surface area contributed by atoms with Crippen LogP contribution in [0.5, 0.6) is 0 Å². The predicted octanol–water partition coefficient (Wildman–Crippen LogP) is 4.03. The maximum atomic E-state index is 6.08. The lowest BCUT2D eigenvalue weighted by atomic mass is 9.96. The molecule has 100 valence electrons. The Hall–Kier alpha value is -0.830. The third-order valence-corrected chi connectivity index (χ3v) is 3.61. The SMILES string of the molecule is CC1CCC(Nc2cc(Cl)nc(C(C)(C)C)n2)C1. The zero-order chi connectivity index (χ0) is 13.3. The highest BCUT2D eigenvalue weighted by molar-refractivity contribution is 6.29. The van der Waals surface area contributed by atoms with Gasteiger partial charge in [-0.2, -0.15) is 0 Å². The van der Waals surface area contributed by atoms with E-state index in [1.54, 1.807) is 0 Å². The van der Waals surface area contributed by atoms with E-state index in [9.17, 15) is 0 Å². The van der Waals surface area contributed by atoms with Crippen LogP contribution in [-0.4, -0.2) is 16.0 Å². The van der Waals surface area contributed by atoms with Crippen LogP contribution in [0.1, 0.15) is 52.8 Å². The van der Waals surface area contributed by atoms with Gasteiger partial charge in [-0.25, -0.2) is 9.97 Å². The Bertz CT molecular complexity index is 426. The van der Waals surface area contributed by atoms with Crippen LogP contribution < -0.4 is 5.32 Å². The van der Waals surface area contributed by atoms with Gasteiger partial charge >= 0.3 is 0 Å². The summed E-state index contributed by atoms with van der Waals surface area (Å²) in [7, 11) is 0. The highest BCUT2D eigenvalue weighted by Crippen LogP contribution is 2.28. The number of aromatic nitrogens is 2. The van der Waals surface area contributed by atoms with Crippen molar-refractivity contribution in [1.29, 1.82) is 0 Å². The van der Waals surface area contributed by atoms with E-state index in [2.05, 4.69) is 43.0 Å². The van der Waals surface area contributed by atoms with Crippen molar-refractivity contribution in [2.24, 2.45) is 5.92 Å². The summed E-state index contributed by atoms with van der Waals surface area (Å²) < 4.78 is 0. The topological polar surface area (TPSA) is 37.8 Å². The highest BCUT2D eigenvalue weighted by atomic mass is 35.5. The molecule has 0 saturated heterocycles. The molecule has 0 aromatic carbocycles. The summed E-state index contributed by atoms with van der Waals surface area (Å²) in [5.41, 5.74) is -0.0791. The molecule has 1 fully saturated rings. The molecule has 1 heterocycles. The van der Waals surface area contributed by atoms with Gasteiger partial charge in [0.25, 0.3) is 0 Å². The second-order valence-electron chi connectivity index (χ2n) is 6.41.